The standard InChI is InChI=1S/C18H21BrN2O/c1-13-11-15(19)9-10-16(13)21-17(22)20-12-18(2,3)14-7-5-4-6-8-14/h4-11H,12H2,1-3H3,(H2,20,21,22). The molecule has 0 unspecified atom stereocenters. The van der Waals surface area contributed by atoms with Crippen molar-refractivity contribution in [1.29, 1.82) is 0 Å². The Bertz CT molecular complexity index is 653. The molecule has 116 valence electrons. The fraction of sp³-hybridized carbons (Fsp3) is 0.278. The molecule has 0 fully saturated rings. The number of rotatable bonds is 4. The van der Waals surface area contributed by atoms with Crippen LogP contribution >= 0.6 is 15.9 Å². The van der Waals surface area contributed by atoms with Gasteiger partial charge in [-0.05, 0) is 36.2 Å². The van der Waals surface area contributed by atoms with Crippen LogP contribution in [-0.4, -0.2) is 12.6 Å². The van der Waals surface area contributed by atoms with Crippen LogP contribution in [0, 0.1) is 6.92 Å². The number of halogens is 1. The minimum absolute atomic E-state index is 0.118. The minimum atomic E-state index is -0.186. The summed E-state index contributed by atoms with van der Waals surface area (Å²) in [5.74, 6) is 0. The largest absolute Gasteiger partial charge is 0.337 e. The van der Waals surface area contributed by atoms with Gasteiger partial charge < -0.3 is 10.6 Å². The Hall–Kier alpha value is -1.81. The van der Waals surface area contributed by atoms with Crippen LogP contribution in [0.4, 0.5) is 10.5 Å². The van der Waals surface area contributed by atoms with Gasteiger partial charge in [-0.1, -0.05) is 60.1 Å². The lowest BCUT2D eigenvalue weighted by Crippen LogP contribution is -2.39. The molecular formula is C18H21BrN2O. The lowest BCUT2D eigenvalue weighted by molar-refractivity contribution is 0.249. The zero-order chi connectivity index (χ0) is 16.2. The molecule has 0 saturated heterocycles. The Labute approximate surface area is 140 Å². The highest BCUT2D eigenvalue weighted by molar-refractivity contribution is 9.10. The predicted molar refractivity (Wildman–Crippen MR) is 95.4 cm³/mol. The van der Waals surface area contributed by atoms with Gasteiger partial charge in [-0.25, -0.2) is 4.79 Å². The van der Waals surface area contributed by atoms with E-state index in [1.165, 1.54) is 5.56 Å². The van der Waals surface area contributed by atoms with E-state index in [9.17, 15) is 4.79 Å². The number of carbonyl (C=O) groups excluding carboxylic acids is 1. The van der Waals surface area contributed by atoms with Gasteiger partial charge in [-0.15, -0.1) is 0 Å². The first-order chi connectivity index (χ1) is 10.4. The fourth-order valence-corrected chi connectivity index (χ4v) is 2.70. The van der Waals surface area contributed by atoms with Gasteiger partial charge in [0.05, 0.1) is 0 Å². The van der Waals surface area contributed by atoms with Gasteiger partial charge in [0.2, 0.25) is 0 Å². The predicted octanol–water partition coefficient (Wildman–Crippen LogP) is 4.86. The van der Waals surface area contributed by atoms with E-state index in [1.807, 2.05) is 43.3 Å². The number of anilines is 1. The summed E-state index contributed by atoms with van der Waals surface area (Å²) in [6, 6.07) is 15.8. The average Bonchev–Trinajstić information content (AvgIpc) is 2.49. The summed E-state index contributed by atoms with van der Waals surface area (Å²) in [5.41, 5.74) is 2.92. The molecule has 0 atom stereocenters. The highest BCUT2D eigenvalue weighted by Crippen LogP contribution is 2.22. The van der Waals surface area contributed by atoms with Gasteiger partial charge in [0, 0.05) is 22.1 Å². The van der Waals surface area contributed by atoms with E-state index in [0.29, 0.717) is 6.54 Å². The Morgan fingerprint density at radius 1 is 1.14 bits per heavy atom. The number of amides is 2. The van der Waals surface area contributed by atoms with Crippen molar-refractivity contribution in [3.05, 3.63) is 64.1 Å². The van der Waals surface area contributed by atoms with Crippen molar-refractivity contribution < 1.29 is 4.79 Å². The molecule has 0 saturated carbocycles. The molecule has 2 aromatic rings. The van der Waals surface area contributed by atoms with Crippen LogP contribution in [0.5, 0.6) is 0 Å². The smallest absolute Gasteiger partial charge is 0.319 e. The quantitative estimate of drug-likeness (QED) is 0.803. The monoisotopic (exact) mass is 360 g/mol. The molecule has 2 aromatic carbocycles. The molecule has 2 rings (SSSR count). The highest BCUT2D eigenvalue weighted by Gasteiger charge is 2.21. The number of hydrogen-bond donors (Lipinski definition) is 2. The lowest BCUT2D eigenvalue weighted by Gasteiger charge is -2.25. The van der Waals surface area contributed by atoms with Gasteiger partial charge in [0.1, 0.15) is 0 Å². The third-order valence-electron chi connectivity index (χ3n) is 3.68. The van der Waals surface area contributed by atoms with Crippen molar-refractivity contribution >= 4 is 27.6 Å². The number of benzene rings is 2. The Balaban J connectivity index is 1.95. The molecule has 3 nitrogen and oxygen atoms in total. The second-order valence-electron chi connectivity index (χ2n) is 6.02. The SMILES string of the molecule is Cc1cc(Br)ccc1NC(=O)NCC(C)(C)c1ccccc1. The molecule has 0 aliphatic carbocycles. The van der Waals surface area contributed by atoms with Crippen LogP contribution in [0.3, 0.4) is 0 Å². The lowest BCUT2D eigenvalue weighted by atomic mass is 9.85. The van der Waals surface area contributed by atoms with E-state index in [0.717, 1.165) is 15.7 Å². The van der Waals surface area contributed by atoms with Gasteiger partial charge >= 0.3 is 6.03 Å². The van der Waals surface area contributed by atoms with Crippen LogP contribution in [0.1, 0.15) is 25.0 Å². The van der Waals surface area contributed by atoms with Crippen LogP contribution in [0.25, 0.3) is 0 Å². The third kappa shape index (κ3) is 4.34. The topological polar surface area (TPSA) is 41.1 Å². The summed E-state index contributed by atoms with van der Waals surface area (Å²) in [5, 5.41) is 5.84. The van der Waals surface area contributed by atoms with Gasteiger partial charge in [0.15, 0.2) is 0 Å². The van der Waals surface area contributed by atoms with Crippen molar-refractivity contribution in [1.82, 2.24) is 5.32 Å². The van der Waals surface area contributed by atoms with Crippen LogP contribution in [0.2, 0.25) is 0 Å². The van der Waals surface area contributed by atoms with E-state index in [1.54, 1.807) is 0 Å². The van der Waals surface area contributed by atoms with Crippen molar-refractivity contribution in [3.63, 3.8) is 0 Å². The molecule has 0 heterocycles. The highest BCUT2D eigenvalue weighted by atomic mass is 79.9. The summed E-state index contributed by atoms with van der Waals surface area (Å²) in [4.78, 5) is 12.1. The average molecular weight is 361 g/mol. The van der Waals surface area contributed by atoms with Crippen molar-refractivity contribution in [2.75, 3.05) is 11.9 Å². The number of urea groups is 1. The normalized spacial score (nSPS) is 11.1. The van der Waals surface area contributed by atoms with Crippen molar-refractivity contribution in [2.45, 2.75) is 26.2 Å². The Morgan fingerprint density at radius 2 is 1.82 bits per heavy atom. The summed E-state index contributed by atoms with van der Waals surface area (Å²) in [7, 11) is 0. The number of aryl methyl sites for hydroxylation is 1. The first-order valence-corrected chi connectivity index (χ1v) is 8.04. The van der Waals surface area contributed by atoms with Crippen LogP contribution in [-0.2, 0) is 5.41 Å². The number of carbonyl (C=O) groups is 1. The van der Waals surface area contributed by atoms with E-state index in [4.69, 9.17) is 0 Å². The fourth-order valence-electron chi connectivity index (χ4n) is 2.23. The van der Waals surface area contributed by atoms with E-state index in [2.05, 4.69) is 52.5 Å². The maximum atomic E-state index is 12.1. The van der Waals surface area contributed by atoms with E-state index in [-0.39, 0.29) is 11.4 Å². The zero-order valence-corrected chi connectivity index (χ0v) is 14.7. The first-order valence-electron chi connectivity index (χ1n) is 7.25. The van der Waals surface area contributed by atoms with E-state index >= 15 is 0 Å². The maximum absolute atomic E-state index is 12.1. The van der Waals surface area contributed by atoms with Gasteiger partial charge in [-0.2, -0.15) is 0 Å². The molecule has 0 aliphatic rings. The molecule has 2 amide bonds. The molecule has 0 aliphatic heterocycles. The molecule has 0 aromatic heterocycles. The number of nitrogens with one attached hydrogen (secondary N) is 2. The molecular weight excluding hydrogens is 340 g/mol. The molecule has 2 N–H and O–H groups in total. The Morgan fingerprint density at radius 3 is 2.45 bits per heavy atom. The second-order valence-corrected chi connectivity index (χ2v) is 6.93. The van der Waals surface area contributed by atoms with E-state index < -0.39 is 0 Å². The van der Waals surface area contributed by atoms with Crippen molar-refractivity contribution in [2.24, 2.45) is 0 Å². The summed E-state index contributed by atoms with van der Waals surface area (Å²) in [6.07, 6.45) is 0. The second kappa shape index (κ2) is 6.97. The summed E-state index contributed by atoms with van der Waals surface area (Å²) < 4.78 is 1.00. The van der Waals surface area contributed by atoms with Crippen molar-refractivity contribution in [3.8, 4) is 0 Å². The Kier molecular flexibility index (Phi) is 5.24. The van der Waals surface area contributed by atoms with Gasteiger partial charge in [-0.3, -0.25) is 0 Å². The molecule has 0 spiro atoms. The first kappa shape index (κ1) is 16.6. The third-order valence-corrected chi connectivity index (χ3v) is 4.18. The summed E-state index contributed by atoms with van der Waals surface area (Å²) >= 11 is 3.42. The van der Waals surface area contributed by atoms with Crippen LogP contribution in [0.15, 0.2) is 53.0 Å². The number of hydrogen-bond acceptors (Lipinski definition) is 1. The maximum Gasteiger partial charge on any atom is 0.319 e. The van der Waals surface area contributed by atoms with Crippen LogP contribution < -0.4 is 10.6 Å². The minimum Gasteiger partial charge on any atom is -0.337 e. The summed E-state index contributed by atoms with van der Waals surface area (Å²) in [6.45, 7) is 6.77. The molecule has 0 radical (unpaired) electrons. The zero-order valence-electron chi connectivity index (χ0n) is 13.1. The van der Waals surface area contributed by atoms with Gasteiger partial charge in [0.25, 0.3) is 0 Å². The molecule has 22 heavy (non-hydrogen) atoms. The molecule has 4 heteroatoms. The molecule has 0 bridgehead atoms.